The molecule has 4 N–H and O–H groups in total. The van der Waals surface area contributed by atoms with Gasteiger partial charge in [-0.05, 0) is 57.2 Å². The van der Waals surface area contributed by atoms with Crippen molar-refractivity contribution in [2.45, 2.75) is 78.4 Å². The normalized spacial score (nSPS) is 13.0. The van der Waals surface area contributed by atoms with Gasteiger partial charge < -0.3 is 25.8 Å². The molecule has 1 rings (SSSR count). The van der Waals surface area contributed by atoms with Crippen molar-refractivity contribution in [2.75, 3.05) is 19.0 Å². The summed E-state index contributed by atoms with van der Waals surface area (Å²) in [6, 6.07) is 6.27. The van der Waals surface area contributed by atoms with Gasteiger partial charge in [0.05, 0.1) is 19.6 Å². The number of benzene rings is 1. The summed E-state index contributed by atoms with van der Waals surface area (Å²) in [6.45, 7) is 9.53. The number of hydrogen-bond donors (Lipinski definition) is 3. The first kappa shape index (κ1) is 30.1. The number of Topliss-reactive ketones (excluding diaryl/α,β-unsaturated/α-hetero) is 1. The number of alkyl carbamates (subject to hydrolysis) is 1. The third kappa shape index (κ3) is 12.4. The van der Waals surface area contributed by atoms with Gasteiger partial charge in [0.2, 0.25) is 5.91 Å². The molecule has 0 spiro atoms. The van der Waals surface area contributed by atoms with Gasteiger partial charge in [0.25, 0.3) is 0 Å². The second kappa shape index (κ2) is 14.5. The summed E-state index contributed by atoms with van der Waals surface area (Å²) in [4.78, 5) is 48.8. The van der Waals surface area contributed by atoms with Gasteiger partial charge in [0, 0.05) is 24.6 Å². The molecule has 1 aromatic rings. The monoisotopic (exact) mass is 491 g/mol. The molecule has 0 aliphatic heterocycles. The van der Waals surface area contributed by atoms with Gasteiger partial charge in [-0.2, -0.15) is 0 Å². The highest BCUT2D eigenvalue weighted by atomic mass is 16.6. The standard InChI is InChI=1S/C26H41N3O6/c1-17(2)23(27)21(30)16-19(9-7-8-14-28-25(33)35-26(3,4)5)24(32)29-20-12-10-18(11-13-20)15-22(31)34-6/h10-13,17,19,23H,7-9,14-16,27H2,1-6H3,(H,28,33)(H,29,32)/t19-,23+/m1/s1. The van der Waals surface area contributed by atoms with Crippen LogP contribution in [0, 0.1) is 11.8 Å². The van der Waals surface area contributed by atoms with E-state index in [0.29, 0.717) is 31.5 Å². The summed E-state index contributed by atoms with van der Waals surface area (Å²) >= 11 is 0. The molecule has 2 atom stereocenters. The van der Waals surface area contributed by atoms with Crippen LogP contribution in [0.1, 0.15) is 65.9 Å². The average molecular weight is 492 g/mol. The lowest BCUT2D eigenvalue weighted by Crippen LogP contribution is -2.38. The van der Waals surface area contributed by atoms with Crippen molar-refractivity contribution in [2.24, 2.45) is 17.6 Å². The van der Waals surface area contributed by atoms with Crippen LogP contribution in [0.25, 0.3) is 0 Å². The van der Waals surface area contributed by atoms with Gasteiger partial charge in [-0.15, -0.1) is 0 Å². The molecule has 0 aromatic heterocycles. The SMILES string of the molecule is COC(=O)Cc1ccc(NC(=O)[C@H](CCCCNC(=O)OC(C)(C)C)CC(=O)[C@@H](N)C(C)C)cc1. The molecule has 35 heavy (non-hydrogen) atoms. The van der Waals surface area contributed by atoms with E-state index in [2.05, 4.69) is 15.4 Å². The van der Waals surface area contributed by atoms with E-state index in [-0.39, 0.29) is 36.4 Å². The third-order valence-corrected chi connectivity index (χ3v) is 5.35. The molecular weight excluding hydrogens is 450 g/mol. The van der Waals surface area contributed by atoms with E-state index in [0.717, 1.165) is 5.56 Å². The number of carbonyl (C=O) groups is 4. The van der Waals surface area contributed by atoms with E-state index in [1.165, 1.54) is 7.11 Å². The zero-order chi connectivity index (χ0) is 26.6. The number of methoxy groups -OCH3 is 1. The van der Waals surface area contributed by atoms with Crippen LogP contribution < -0.4 is 16.4 Å². The van der Waals surface area contributed by atoms with Gasteiger partial charge in [-0.3, -0.25) is 14.4 Å². The first-order valence-corrected chi connectivity index (χ1v) is 12.0. The lowest BCUT2D eigenvalue weighted by Gasteiger charge is -2.21. The van der Waals surface area contributed by atoms with Crippen molar-refractivity contribution in [3.8, 4) is 0 Å². The summed E-state index contributed by atoms with van der Waals surface area (Å²) in [7, 11) is 1.33. The number of hydrogen-bond acceptors (Lipinski definition) is 7. The van der Waals surface area contributed by atoms with Crippen LogP contribution >= 0.6 is 0 Å². The predicted octanol–water partition coefficient (Wildman–Crippen LogP) is 3.59. The Kier molecular flexibility index (Phi) is 12.4. The molecule has 0 heterocycles. The smallest absolute Gasteiger partial charge is 0.407 e. The highest BCUT2D eigenvalue weighted by molar-refractivity contribution is 5.96. The molecule has 9 nitrogen and oxygen atoms in total. The van der Waals surface area contributed by atoms with Crippen LogP contribution in [0.5, 0.6) is 0 Å². The van der Waals surface area contributed by atoms with Crippen molar-refractivity contribution >= 4 is 29.4 Å². The van der Waals surface area contributed by atoms with Crippen LogP contribution in [-0.2, 0) is 30.3 Å². The topological polar surface area (TPSA) is 137 Å². The summed E-state index contributed by atoms with van der Waals surface area (Å²) in [5.74, 6) is -1.34. The Morgan fingerprint density at radius 3 is 2.20 bits per heavy atom. The van der Waals surface area contributed by atoms with Crippen LogP contribution in [-0.4, -0.2) is 49.1 Å². The fourth-order valence-corrected chi connectivity index (χ4v) is 3.29. The Hall–Kier alpha value is -2.94. The zero-order valence-electron chi connectivity index (χ0n) is 21.8. The first-order valence-electron chi connectivity index (χ1n) is 12.0. The van der Waals surface area contributed by atoms with E-state index in [1.54, 1.807) is 45.0 Å². The Labute approximate surface area is 208 Å². The Morgan fingerprint density at radius 1 is 1.03 bits per heavy atom. The highest BCUT2D eigenvalue weighted by Crippen LogP contribution is 2.19. The van der Waals surface area contributed by atoms with E-state index < -0.39 is 23.7 Å². The molecular formula is C26H41N3O6. The molecule has 0 fully saturated rings. The number of carbonyl (C=O) groups excluding carboxylic acids is 4. The fourth-order valence-electron chi connectivity index (χ4n) is 3.29. The van der Waals surface area contributed by atoms with E-state index in [4.69, 9.17) is 10.5 Å². The minimum absolute atomic E-state index is 0.0217. The van der Waals surface area contributed by atoms with Gasteiger partial charge in [-0.25, -0.2) is 4.79 Å². The number of nitrogens with two attached hydrogens (primary N) is 1. The summed E-state index contributed by atoms with van der Waals surface area (Å²) in [5, 5.41) is 5.55. The second-order valence-electron chi connectivity index (χ2n) is 10.0. The molecule has 9 heteroatoms. The number of rotatable bonds is 13. The zero-order valence-corrected chi connectivity index (χ0v) is 21.8. The molecule has 0 radical (unpaired) electrons. The maximum absolute atomic E-state index is 13.0. The summed E-state index contributed by atoms with van der Waals surface area (Å²) in [6.07, 6.45) is 1.45. The number of ketones is 1. The van der Waals surface area contributed by atoms with Crippen molar-refractivity contribution in [3.05, 3.63) is 29.8 Å². The minimum Gasteiger partial charge on any atom is -0.469 e. The van der Waals surface area contributed by atoms with Crippen LogP contribution in [0.2, 0.25) is 0 Å². The van der Waals surface area contributed by atoms with Crippen molar-refractivity contribution in [3.63, 3.8) is 0 Å². The fraction of sp³-hybridized carbons (Fsp3) is 0.615. The van der Waals surface area contributed by atoms with E-state index in [9.17, 15) is 19.2 Å². The number of unbranched alkanes of at least 4 members (excludes halogenated alkanes) is 1. The lowest BCUT2D eigenvalue weighted by atomic mass is 9.89. The summed E-state index contributed by atoms with van der Waals surface area (Å²) < 4.78 is 9.87. The number of anilines is 1. The van der Waals surface area contributed by atoms with E-state index >= 15 is 0 Å². The maximum atomic E-state index is 13.0. The quantitative estimate of drug-likeness (QED) is 0.283. The van der Waals surface area contributed by atoms with Crippen LogP contribution in [0.15, 0.2) is 24.3 Å². The molecule has 0 unspecified atom stereocenters. The lowest BCUT2D eigenvalue weighted by molar-refractivity contribution is -0.139. The second-order valence-corrected chi connectivity index (χ2v) is 10.0. The van der Waals surface area contributed by atoms with Crippen LogP contribution in [0.4, 0.5) is 10.5 Å². The molecule has 0 aliphatic carbocycles. The van der Waals surface area contributed by atoms with Gasteiger partial charge in [-0.1, -0.05) is 32.4 Å². The molecule has 2 amide bonds. The van der Waals surface area contributed by atoms with Gasteiger partial charge >= 0.3 is 12.1 Å². The number of ether oxygens (including phenoxy) is 2. The van der Waals surface area contributed by atoms with Crippen molar-refractivity contribution < 1.29 is 28.7 Å². The van der Waals surface area contributed by atoms with Gasteiger partial charge in [0.15, 0.2) is 5.78 Å². The van der Waals surface area contributed by atoms with Gasteiger partial charge in [0.1, 0.15) is 5.60 Å². The molecule has 196 valence electrons. The Balaban J connectivity index is 2.71. The molecule has 0 bridgehead atoms. The predicted molar refractivity (Wildman–Crippen MR) is 135 cm³/mol. The van der Waals surface area contributed by atoms with E-state index in [1.807, 2.05) is 13.8 Å². The molecule has 1 aromatic carbocycles. The largest absolute Gasteiger partial charge is 0.469 e. The third-order valence-electron chi connectivity index (χ3n) is 5.35. The number of esters is 1. The molecule has 0 aliphatic rings. The molecule has 0 saturated heterocycles. The Bertz CT molecular complexity index is 846. The molecule has 0 saturated carbocycles. The van der Waals surface area contributed by atoms with Crippen LogP contribution in [0.3, 0.4) is 0 Å². The highest BCUT2D eigenvalue weighted by Gasteiger charge is 2.26. The Morgan fingerprint density at radius 2 is 1.66 bits per heavy atom. The maximum Gasteiger partial charge on any atom is 0.407 e. The average Bonchev–Trinajstić information content (AvgIpc) is 2.77. The number of amides is 2. The van der Waals surface area contributed by atoms with Crippen molar-refractivity contribution in [1.29, 1.82) is 0 Å². The minimum atomic E-state index is -0.628. The number of nitrogens with one attached hydrogen (secondary N) is 2. The van der Waals surface area contributed by atoms with Crippen molar-refractivity contribution in [1.82, 2.24) is 5.32 Å². The summed E-state index contributed by atoms with van der Waals surface area (Å²) in [5.41, 5.74) is 6.78. The first-order chi connectivity index (χ1) is 16.3.